The molecule has 0 bridgehead atoms. The SMILES string of the molecule is CC[C@H]1OC(=O)C(C)=C1O. The van der Waals surface area contributed by atoms with E-state index in [9.17, 15) is 4.79 Å². The number of cyclic esters (lactones) is 1. The van der Waals surface area contributed by atoms with Gasteiger partial charge in [-0.05, 0) is 13.3 Å². The maximum Gasteiger partial charge on any atom is 0.337 e. The molecule has 0 amide bonds. The van der Waals surface area contributed by atoms with Crippen LogP contribution in [0.15, 0.2) is 11.3 Å². The Balaban J connectivity index is 2.83. The maximum atomic E-state index is 10.7. The van der Waals surface area contributed by atoms with E-state index in [1.54, 1.807) is 6.92 Å². The third-order valence-electron chi connectivity index (χ3n) is 1.62. The molecule has 10 heavy (non-hydrogen) atoms. The van der Waals surface area contributed by atoms with Crippen LogP contribution >= 0.6 is 0 Å². The van der Waals surface area contributed by atoms with Gasteiger partial charge < -0.3 is 9.84 Å². The molecule has 0 radical (unpaired) electrons. The van der Waals surface area contributed by atoms with Gasteiger partial charge in [-0.3, -0.25) is 0 Å². The number of aliphatic hydroxyl groups excluding tert-OH is 1. The Hall–Kier alpha value is -0.990. The minimum atomic E-state index is -0.399. The van der Waals surface area contributed by atoms with Gasteiger partial charge in [0.15, 0.2) is 6.10 Å². The molecule has 1 rings (SSSR count). The first-order valence-corrected chi connectivity index (χ1v) is 3.27. The van der Waals surface area contributed by atoms with E-state index in [1.165, 1.54) is 0 Å². The highest BCUT2D eigenvalue weighted by molar-refractivity contribution is 5.90. The first kappa shape index (κ1) is 7.12. The largest absolute Gasteiger partial charge is 0.508 e. The molecule has 1 atom stereocenters. The van der Waals surface area contributed by atoms with Crippen LogP contribution < -0.4 is 0 Å². The highest BCUT2D eigenvalue weighted by Gasteiger charge is 2.29. The van der Waals surface area contributed by atoms with Crippen molar-refractivity contribution in [1.82, 2.24) is 0 Å². The Labute approximate surface area is 59.3 Å². The fourth-order valence-electron chi connectivity index (χ4n) is 0.896. The standard InChI is InChI=1S/C7H10O3/c1-3-5-6(8)4(2)7(9)10-5/h5,8H,3H2,1-2H3/t5-/m1/s1. The third-order valence-corrected chi connectivity index (χ3v) is 1.62. The summed E-state index contributed by atoms with van der Waals surface area (Å²) >= 11 is 0. The van der Waals surface area contributed by atoms with E-state index >= 15 is 0 Å². The van der Waals surface area contributed by atoms with Crippen LogP contribution in [-0.2, 0) is 9.53 Å². The molecule has 0 saturated carbocycles. The molecule has 0 fully saturated rings. The summed E-state index contributed by atoms with van der Waals surface area (Å²) in [4.78, 5) is 10.7. The predicted molar refractivity (Wildman–Crippen MR) is 35.5 cm³/mol. The normalized spacial score (nSPS) is 25.4. The monoisotopic (exact) mass is 142 g/mol. The number of carbonyl (C=O) groups is 1. The average molecular weight is 142 g/mol. The Kier molecular flexibility index (Phi) is 1.66. The molecule has 1 aliphatic rings. The van der Waals surface area contributed by atoms with Crippen molar-refractivity contribution in [2.45, 2.75) is 26.4 Å². The summed E-state index contributed by atoms with van der Waals surface area (Å²) in [5.41, 5.74) is 0.340. The van der Waals surface area contributed by atoms with Crippen LogP contribution in [-0.4, -0.2) is 17.2 Å². The molecule has 1 N–H and O–H groups in total. The van der Waals surface area contributed by atoms with Gasteiger partial charge in [0, 0.05) is 0 Å². The molecule has 56 valence electrons. The Morgan fingerprint density at radius 3 is 2.50 bits per heavy atom. The second-order valence-corrected chi connectivity index (χ2v) is 2.31. The summed E-state index contributed by atoms with van der Waals surface area (Å²) in [6.07, 6.45) is 0.238. The van der Waals surface area contributed by atoms with Gasteiger partial charge >= 0.3 is 5.97 Å². The molecule has 1 heterocycles. The lowest BCUT2D eigenvalue weighted by Gasteiger charge is -2.04. The summed E-state index contributed by atoms with van der Waals surface area (Å²) < 4.78 is 4.77. The lowest BCUT2D eigenvalue weighted by atomic mass is 10.2. The first-order chi connectivity index (χ1) is 4.66. The van der Waals surface area contributed by atoms with Crippen LogP contribution in [0, 0.1) is 0 Å². The van der Waals surface area contributed by atoms with Gasteiger partial charge in [-0.25, -0.2) is 4.79 Å². The van der Waals surface area contributed by atoms with Crippen LogP contribution in [0.5, 0.6) is 0 Å². The van der Waals surface area contributed by atoms with Gasteiger partial charge in [0.25, 0.3) is 0 Å². The number of hydrogen-bond acceptors (Lipinski definition) is 3. The number of esters is 1. The highest BCUT2D eigenvalue weighted by Crippen LogP contribution is 2.21. The minimum absolute atomic E-state index is 0.0903. The number of carbonyl (C=O) groups excluding carboxylic acids is 1. The summed E-state index contributed by atoms with van der Waals surface area (Å²) in [6, 6.07) is 0. The van der Waals surface area contributed by atoms with Crippen molar-refractivity contribution >= 4 is 5.97 Å². The number of ether oxygens (including phenoxy) is 1. The molecule has 0 aliphatic carbocycles. The fourth-order valence-corrected chi connectivity index (χ4v) is 0.896. The van der Waals surface area contributed by atoms with Gasteiger partial charge in [-0.1, -0.05) is 6.92 Å². The topological polar surface area (TPSA) is 46.5 Å². The highest BCUT2D eigenvalue weighted by atomic mass is 16.6. The molecule has 0 unspecified atom stereocenters. The van der Waals surface area contributed by atoms with Gasteiger partial charge in [0.2, 0.25) is 0 Å². The zero-order valence-corrected chi connectivity index (χ0v) is 6.05. The summed E-state index contributed by atoms with van der Waals surface area (Å²) in [6.45, 7) is 3.42. The second kappa shape index (κ2) is 2.33. The van der Waals surface area contributed by atoms with E-state index in [4.69, 9.17) is 9.84 Å². The van der Waals surface area contributed by atoms with E-state index in [-0.39, 0.29) is 5.76 Å². The summed E-state index contributed by atoms with van der Waals surface area (Å²) in [7, 11) is 0. The lowest BCUT2D eigenvalue weighted by Crippen LogP contribution is -2.09. The van der Waals surface area contributed by atoms with E-state index in [2.05, 4.69) is 0 Å². The van der Waals surface area contributed by atoms with E-state index in [1.807, 2.05) is 6.92 Å². The maximum absolute atomic E-state index is 10.7. The van der Waals surface area contributed by atoms with Gasteiger partial charge in [0.05, 0.1) is 5.57 Å². The van der Waals surface area contributed by atoms with Crippen LogP contribution in [0.3, 0.4) is 0 Å². The fraction of sp³-hybridized carbons (Fsp3) is 0.571. The van der Waals surface area contributed by atoms with Crippen molar-refractivity contribution < 1.29 is 14.6 Å². The average Bonchev–Trinajstić information content (AvgIpc) is 2.17. The predicted octanol–water partition coefficient (Wildman–Crippen LogP) is 1.15. The van der Waals surface area contributed by atoms with Crippen molar-refractivity contribution in [3.05, 3.63) is 11.3 Å². The quantitative estimate of drug-likeness (QED) is 0.559. The van der Waals surface area contributed by atoms with Gasteiger partial charge in [-0.2, -0.15) is 0 Å². The van der Waals surface area contributed by atoms with Gasteiger partial charge in [0.1, 0.15) is 5.76 Å². The summed E-state index contributed by atoms with van der Waals surface area (Å²) in [5, 5.41) is 9.16. The van der Waals surface area contributed by atoms with Crippen LogP contribution in [0.25, 0.3) is 0 Å². The van der Waals surface area contributed by atoms with Crippen LogP contribution in [0.4, 0.5) is 0 Å². The van der Waals surface area contributed by atoms with Crippen LogP contribution in [0.1, 0.15) is 20.3 Å². The Morgan fingerprint density at radius 1 is 1.70 bits per heavy atom. The second-order valence-electron chi connectivity index (χ2n) is 2.31. The zero-order valence-electron chi connectivity index (χ0n) is 6.05. The van der Waals surface area contributed by atoms with E-state index in [0.717, 1.165) is 0 Å². The third kappa shape index (κ3) is 0.875. The van der Waals surface area contributed by atoms with Crippen molar-refractivity contribution in [3.63, 3.8) is 0 Å². The van der Waals surface area contributed by atoms with E-state index < -0.39 is 12.1 Å². The number of rotatable bonds is 1. The molecule has 3 nitrogen and oxygen atoms in total. The molecule has 3 heteroatoms. The Bertz CT molecular complexity index is 193. The van der Waals surface area contributed by atoms with Crippen molar-refractivity contribution in [1.29, 1.82) is 0 Å². The molecule has 0 saturated heterocycles. The molecule has 0 spiro atoms. The smallest absolute Gasteiger partial charge is 0.337 e. The number of hydrogen-bond donors (Lipinski definition) is 1. The van der Waals surface area contributed by atoms with Crippen molar-refractivity contribution in [3.8, 4) is 0 Å². The Morgan fingerprint density at radius 2 is 2.30 bits per heavy atom. The van der Waals surface area contributed by atoms with Gasteiger partial charge in [-0.15, -0.1) is 0 Å². The number of aliphatic hydroxyl groups is 1. The molecule has 0 aromatic heterocycles. The first-order valence-electron chi connectivity index (χ1n) is 3.27. The molecule has 0 aromatic rings. The summed E-state index contributed by atoms with van der Waals surface area (Å²) in [5.74, 6) is -0.308. The minimum Gasteiger partial charge on any atom is -0.508 e. The molecular formula is C7H10O3. The molecule has 1 aliphatic heterocycles. The molecular weight excluding hydrogens is 132 g/mol. The van der Waals surface area contributed by atoms with Crippen molar-refractivity contribution in [2.24, 2.45) is 0 Å². The zero-order chi connectivity index (χ0) is 7.72. The molecule has 0 aromatic carbocycles. The van der Waals surface area contributed by atoms with Crippen molar-refractivity contribution in [2.75, 3.05) is 0 Å². The van der Waals surface area contributed by atoms with E-state index in [0.29, 0.717) is 12.0 Å². The lowest BCUT2D eigenvalue weighted by molar-refractivity contribution is -0.140. The van der Waals surface area contributed by atoms with Crippen LogP contribution in [0.2, 0.25) is 0 Å².